The molecule has 2 aromatic heterocycles. The van der Waals surface area contributed by atoms with Crippen LogP contribution in [0.1, 0.15) is 29.0 Å². The lowest BCUT2D eigenvalue weighted by Gasteiger charge is -2.21. The Morgan fingerprint density at radius 2 is 2.33 bits per heavy atom. The summed E-state index contributed by atoms with van der Waals surface area (Å²) in [5.74, 6) is 0. The van der Waals surface area contributed by atoms with Crippen LogP contribution in [0.5, 0.6) is 0 Å². The van der Waals surface area contributed by atoms with Gasteiger partial charge in [0, 0.05) is 18.0 Å². The second-order valence-corrected chi connectivity index (χ2v) is 6.36. The number of thioether (sulfide) groups is 1. The summed E-state index contributed by atoms with van der Waals surface area (Å²) in [4.78, 5) is 1.34. The molecule has 0 aliphatic rings. The van der Waals surface area contributed by atoms with Crippen molar-refractivity contribution in [3.63, 3.8) is 0 Å². The first-order chi connectivity index (χ1) is 8.63. The Morgan fingerprint density at radius 3 is 2.83 bits per heavy atom. The first kappa shape index (κ1) is 13.6. The molecule has 0 spiro atoms. The molecule has 6 heteroatoms. The molecule has 0 aliphatic carbocycles. The summed E-state index contributed by atoms with van der Waals surface area (Å²) in [6, 6.07) is 2.27. The highest BCUT2D eigenvalue weighted by Crippen LogP contribution is 2.40. The van der Waals surface area contributed by atoms with E-state index in [2.05, 4.69) is 35.5 Å². The minimum atomic E-state index is 0.129. The molecule has 2 rings (SSSR count). The minimum Gasteiger partial charge on any atom is -0.326 e. The molecule has 2 atom stereocenters. The molecule has 2 unspecified atom stereocenters. The second-order valence-electron chi connectivity index (χ2n) is 4.30. The van der Waals surface area contributed by atoms with Crippen LogP contribution >= 0.6 is 23.1 Å². The van der Waals surface area contributed by atoms with E-state index in [1.165, 1.54) is 10.4 Å². The number of rotatable bonds is 5. The summed E-state index contributed by atoms with van der Waals surface area (Å²) in [7, 11) is 1.96. The van der Waals surface area contributed by atoms with Gasteiger partial charge in [0.15, 0.2) is 5.16 Å². The summed E-state index contributed by atoms with van der Waals surface area (Å²) < 4.78 is 1.93. The average Bonchev–Trinajstić information content (AvgIpc) is 2.95. The van der Waals surface area contributed by atoms with E-state index < -0.39 is 0 Å². The maximum atomic E-state index is 6.27. The summed E-state index contributed by atoms with van der Waals surface area (Å²) in [6.45, 7) is 4.26. The fraction of sp³-hybridized carbons (Fsp3) is 0.500. The van der Waals surface area contributed by atoms with Crippen molar-refractivity contribution in [2.24, 2.45) is 12.8 Å². The quantitative estimate of drug-likeness (QED) is 0.857. The van der Waals surface area contributed by atoms with Crippen molar-refractivity contribution in [3.05, 3.63) is 28.2 Å². The number of hydrogen-bond acceptors (Lipinski definition) is 5. The maximum absolute atomic E-state index is 6.27. The van der Waals surface area contributed by atoms with Crippen LogP contribution in [0.15, 0.2) is 22.9 Å². The van der Waals surface area contributed by atoms with Gasteiger partial charge in [-0.3, -0.25) is 0 Å². The van der Waals surface area contributed by atoms with E-state index in [-0.39, 0.29) is 11.3 Å². The Bertz CT molecular complexity index is 506. The molecular formula is C12H18N4S2. The molecule has 0 amide bonds. The van der Waals surface area contributed by atoms with Crippen LogP contribution in [0, 0.1) is 6.92 Å². The highest BCUT2D eigenvalue weighted by molar-refractivity contribution is 7.99. The molecule has 2 heterocycles. The van der Waals surface area contributed by atoms with E-state index in [0.29, 0.717) is 0 Å². The number of aryl methyl sites for hydroxylation is 2. The zero-order valence-electron chi connectivity index (χ0n) is 10.8. The monoisotopic (exact) mass is 282 g/mol. The molecule has 0 fully saturated rings. The zero-order chi connectivity index (χ0) is 13.1. The first-order valence-electron chi connectivity index (χ1n) is 5.93. The van der Waals surface area contributed by atoms with Crippen LogP contribution in [0.2, 0.25) is 0 Å². The molecule has 4 nitrogen and oxygen atoms in total. The SMILES string of the molecule is CCC(N)C(Sc1nncn1C)c1sccc1C. The summed E-state index contributed by atoms with van der Waals surface area (Å²) >= 11 is 3.47. The molecule has 2 N–H and O–H groups in total. The van der Waals surface area contributed by atoms with Gasteiger partial charge in [-0.2, -0.15) is 0 Å². The van der Waals surface area contributed by atoms with E-state index in [1.54, 1.807) is 29.4 Å². The average molecular weight is 282 g/mol. The Kier molecular flexibility index (Phi) is 4.42. The number of aromatic nitrogens is 3. The Labute approximate surface area is 116 Å². The van der Waals surface area contributed by atoms with Gasteiger partial charge < -0.3 is 10.3 Å². The molecule has 0 saturated heterocycles. The highest BCUT2D eigenvalue weighted by Gasteiger charge is 2.24. The Balaban J connectivity index is 2.27. The third kappa shape index (κ3) is 2.76. The highest BCUT2D eigenvalue weighted by atomic mass is 32.2. The van der Waals surface area contributed by atoms with Crippen molar-refractivity contribution in [3.8, 4) is 0 Å². The molecule has 98 valence electrons. The molecule has 0 saturated carbocycles. The van der Waals surface area contributed by atoms with Gasteiger partial charge in [-0.1, -0.05) is 18.7 Å². The van der Waals surface area contributed by atoms with Crippen molar-refractivity contribution in [2.45, 2.75) is 36.7 Å². The number of nitrogens with zero attached hydrogens (tertiary/aromatic N) is 3. The van der Waals surface area contributed by atoms with E-state index in [1.807, 2.05) is 11.6 Å². The number of nitrogens with two attached hydrogens (primary N) is 1. The van der Waals surface area contributed by atoms with Crippen molar-refractivity contribution in [2.75, 3.05) is 0 Å². The molecule has 2 aromatic rings. The predicted octanol–water partition coefficient (Wildman–Crippen LogP) is 2.76. The standard InChI is InChI=1S/C12H18N4S2/c1-4-9(13)11(10-8(2)5-6-17-10)18-12-15-14-7-16(12)3/h5-7,9,11H,4,13H2,1-3H3. The molecule has 18 heavy (non-hydrogen) atoms. The van der Waals surface area contributed by atoms with E-state index in [4.69, 9.17) is 5.73 Å². The van der Waals surface area contributed by atoms with E-state index in [0.717, 1.165) is 11.6 Å². The third-order valence-corrected chi connectivity index (χ3v) is 5.59. The van der Waals surface area contributed by atoms with Gasteiger partial charge in [-0.25, -0.2) is 0 Å². The van der Waals surface area contributed by atoms with Gasteiger partial charge in [0.2, 0.25) is 0 Å². The lowest BCUT2D eigenvalue weighted by Crippen LogP contribution is -2.25. The maximum Gasteiger partial charge on any atom is 0.191 e. The van der Waals surface area contributed by atoms with Crippen molar-refractivity contribution < 1.29 is 0 Å². The summed E-state index contributed by atoms with van der Waals surface area (Å²) in [5.41, 5.74) is 7.58. The molecule has 0 aliphatic heterocycles. The normalized spacial score (nSPS) is 14.7. The van der Waals surface area contributed by atoms with Crippen LogP contribution in [0.25, 0.3) is 0 Å². The Hall–Kier alpha value is -0.850. The number of hydrogen-bond donors (Lipinski definition) is 1. The van der Waals surface area contributed by atoms with Crippen LogP contribution in [0.3, 0.4) is 0 Å². The van der Waals surface area contributed by atoms with Crippen molar-refractivity contribution >= 4 is 23.1 Å². The lowest BCUT2D eigenvalue weighted by molar-refractivity contribution is 0.634. The second kappa shape index (κ2) is 5.86. The van der Waals surface area contributed by atoms with E-state index in [9.17, 15) is 0 Å². The van der Waals surface area contributed by atoms with Crippen LogP contribution < -0.4 is 5.73 Å². The van der Waals surface area contributed by atoms with Crippen LogP contribution in [0.4, 0.5) is 0 Å². The molecular weight excluding hydrogens is 264 g/mol. The molecule has 0 aromatic carbocycles. The van der Waals surface area contributed by atoms with Crippen LogP contribution in [-0.4, -0.2) is 20.8 Å². The smallest absolute Gasteiger partial charge is 0.191 e. The molecule has 0 bridgehead atoms. The summed E-state index contributed by atoms with van der Waals surface area (Å²) in [5, 5.41) is 11.3. The van der Waals surface area contributed by atoms with Crippen molar-refractivity contribution in [1.29, 1.82) is 0 Å². The third-order valence-electron chi connectivity index (χ3n) is 2.92. The van der Waals surface area contributed by atoms with Gasteiger partial charge in [-0.15, -0.1) is 21.5 Å². The van der Waals surface area contributed by atoms with Crippen molar-refractivity contribution in [1.82, 2.24) is 14.8 Å². The predicted molar refractivity (Wildman–Crippen MR) is 76.9 cm³/mol. The minimum absolute atomic E-state index is 0.129. The summed E-state index contributed by atoms with van der Waals surface area (Å²) in [6.07, 6.45) is 2.67. The van der Waals surface area contributed by atoms with Gasteiger partial charge in [-0.05, 0) is 30.4 Å². The van der Waals surface area contributed by atoms with Crippen LogP contribution in [-0.2, 0) is 7.05 Å². The first-order valence-corrected chi connectivity index (χ1v) is 7.69. The van der Waals surface area contributed by atoms with E-state index >= 15 is 0 Å². The van der Waals surface area contributed by atoms with Gasteiger partial charge in [0.05, 0.1) is 5.25 Å². The van der Waals surface area contributed by atoms with Gasteiger partial charge in [0.25, 0.3) is 0 Å². The lowest BCUT2D eigenvalue weighted by atomic mass is 10.1. The molecule has 0 radical (unpaired) electrons. The number of thiophene rings is 1. The fourth-order valence-electron chi connectivity index (χ4n) is 1.72. The fourth-order valence-corrected chi connectivity index (χ4v) is 4.21. The Morgan fingerprint density at radius 1 is 1.56 bits per heavy atom. The van der Waals surface area contributed by atoms with Gasteiger partial charge >= 0.3 is 0 Å². The van der Waals surface area contributed by atoms with Gasteiger partial charge in [0.1, 0.15) is 6.33 Å². The zero-order valence-corrected chi connectivity index (χ0v) is 12.5. The topological polar surface area (TPSA) is 56.7 Å². The largest absolute Gasteiger partial charge is 0.326 e.